The molecule has 0 aliphatic carbocycles. The molecule has 1 N–H and O–H groups in total. The molecular weight excluding hydrogens is 146 g/mol. The zero-order chi connectivity index (χ0) is 8.27. The van der Waals surface area contributed by atoms with Crippen LogP contribution in [0, 0.1) is 0 Å². The zero-order valence-corrected chi connectivity index (χ0v) is 5.65. The molecule has 0 aliphatic heterocycles. The molecule has 0 saturated carbocycles. The topological polar surface area (TPSA) is 73.2 Å². The Morgan fingerprint density at radius 2 is 2.36 bits per heavy atom. The number of carbonyl (C=O) groups excluding carboxylic acids is 1. The van der Waals surface area contributed by atoms with Gasteiger partial charge in [0.05, 0.1) is 24.0 Å². The molecule has 0 unspecified atom stereocenters. The van der Waals surface area contributed by atoms with E-state index in [1.54, 1.807) is 0 Å². The lowest BCUT2D eigenvalue weighted by Gasteiger charge is -2.01. The summed E-state index contributed by atoms with van der Waals surface area (Å²) in [6.07, 6.45) is 0. The van der Waals surface area contributed by atoms with Gasteiger partial charge in [-0.25, -0.2) is 4.98 Å². The Hall–Kier alpha value is -1.42. The molecular formula is C7H6NO3-. The van der Waals surface area contributed by atoms with Gasteiger partial charge in [-0.3, -0.25) is 0 Å². The van der Waals surface area contributed by atoms with E-state index in [1.807, 2.05) is 0 Å². The van der Waals surface area contributed by atoms with E-state index in [2.05, 4.69) is 4.98 Å². The second-order valence-corrected chi connectivity index (χ2v) is 1.96. The Morgan fingerprint density at radius 3 is 2.91 bits per heavy atom. The van der Waals surface area contributed by atoms with Crippen LogP contribution in [-0.2, 0) is 6.61 Å². The molecule has 0 radical (unpaired) electrons. The third-order valence-corrected chi connectivity index (χ3v) is 1.18. The molecule has 0 saturated heterocycles. The van der Waals surface area contributed by atoms with E-state index < -0.39 is 5.97 Å². The molecule has 58 valence electrons. The van der Waals surface area contributed by atoms with Gasteiger partial charge < -0.3 is 15.0 Å². The molecule has 4 heteroatoms. The molecule has 11 heavy (non-hydrogen) atoms. The first-order valence-corrected chi connectivity index (χ1v) is 3.02. The van der Waals surface area contributed by atoms with Crippen LogP contribution in [0.4, 0.5) is 0 Å². The fourth-order valence-corrected chi connectivity index (χ4v) is 0.681. The van der Waals surface area contributed by atoms with E-state index in [4.69, 9.17) is 5.11 Å². The first kappa shape index (κ1) is 7.68. The molecule has 4 nitrogen and oxygen atoms in total. The van der Waals surface area contributed by atoms with Gasteiger partial charge in [0.1, 0.15) is 0 Å². The average Bonchev–Trinajstić information content (AvgIpc) is 2.05. The van der Waals surface area contributed by atoms with Crippen LogP contribution in [0.3, 0.4) is 0 Å². The summed E-state index contributed by atoms with van der Waals surface area (Å²) in [7, 11) is 0. The van der Waals surface area contributed by atoms with Crippen molar-refractivity contribution in [2.45, 2.75) is 6.61 Å². The number of carbonyl (C=O) groups is 1. The third-order valence-electron chi connectivity index (χ3n) is 1.18. The number of aromatic carboxylic acids is 1. The minimum absolute atomic E-state index is 0.156. The van der Waals surface area contributed by atoms with Crippen molar-refractivity contribution in [1.82, 2.24) is 4.98 Å². The Bertz CT molecular complexity index is 272. The predicted octanol–water partition coefficient (Wildman–Crippen LogP) is -1.06. The number of rotatable bonds is 2. The summed E-state index contributed by atoms with van der Waals surface area (Å²) in [6, 6.07) is 4.35. The number of carboxylic acids is 1. The van der Waals surface area contributed by atoms with Crippen molar-refractivity contribution in [3.63, 3.8) is 0 Å². The van der Waals surface area contributed by atoms with Crippen LogP contribution in [-0.4, -0.2) is 16.1 Å². The minimum Gasteiger partial charge on any atom is -0.543 e. The van der Waals surface area contributed by atoms with Gasteiger partial charge in [-0.1, -0.05) is 6.07 Å². The number of carboxylic acid groups (broad SMARTS) is 1. The summed E-state index contributed by atoms with van der Waals surface area (Å²) in [6.45, 7) is -0.263. The molecule has 0 bridgehead atoms. The second-order valence-electron chi connectivity index (χ2n) is 1.96. The van der Waals surface area contributed by atoms with E-state index in [9.17, 15) is 9.90 Å². The van der Waals surface area contributed by atoms with Gasteiger partial charge >= 0.3 is 0 Å². The molecule has 1 rings (SSSR count). The highest BCUT2D eigenvalue weighted by atomic mass is 16.4. The molecule has 1 heterocycles. The van der Waals surface area contributed by atoms with Crippen molar-refractivity contribution in [1.29, 1.82) is 0 Å². The number of aliphatic hydroxyl groups excluding tert-OH is 1. The van der Waals surface area contributed by atoms with E-state index in [0.29, 0.717) is 5.69 Å². The van der Waals surface area contributed by atoms with E-state index in [0.717, 1.165) is 0 Å². The van der Waals surface area contributed by atoms with Crippen molar-refractivity contribution < 1.29 is 15.0 Å². The molecule has 0 aromatic carbocycles. The summed E-state index contributed by atoms with van der Waals surface area (Å²) in [5, 5.41) is 18.8. The van der Waals surface area contributed by atoms with Gasteiger partial charge in [0.2, 0.25) is 0 Å². The Morgan fingerprint density at radius 1 is 1.64 bits per heavy atom. The SMILES string of the molecule is O=C([O-])c1cccc(CO)n1. The average molecular weight is 152 g/mol. The van der Waals surface area contributed by atoms with Crippen molar-refractivity contribution in [3.05, 3.63) is 29.6 Å². The Kier molecular flexibility index (Phi) is 2.18. The molecule has 1 aromatic rings. The maximum absolute atomic E-state index is 10.2. The van der Waals surface area contributed by atoms with Crippen LogP contribution >= 0.6 is 0 Å². The summed E-state index contributed by atoms with van der Waals surface area (Å²) in [4.78, 5) is 13.8. The summed E-state index contributed by atoms with van der Waals surface area (Å²) < 4.78 is 0. The van der Waals surface area contributed by atoms with Gasteiger partial charge in [-0.05, 0) is 12.1 Å². The van der Waals surface area contributed by atoms with Gasteiger partial charge in [0.15, 0.2) is 0 Å². The molecule has 0 fully saturated rings. The number of nitrogens with zero attached hydrogens (tertiary/aromatic N) is 1. The third kappa shape index (κ3) is 1.75. The Labute approximate surface area is 63.1 Å². The summed E-state index contributed by atoms with van der Waals surface area (Å²) in [5.41, 5.74) is 0.170. The molecule has 0 aliphatic rings. The van der Waals surface area contributed by atoms with Crippen molar-refractivity contribution >= 4 is 5.97 Å². The summed E-state index contributed by atoms with van der Waals surface area (Å²) >= 11 is 0. The van der Waals surface area contributed by atoms with Gasteiger partial charge in [0.25, 0.3) is 0 Å². The normalized spacial score (nSPS) is 9.55. The maximum atomic E-state index is 10.2. The highest BCUT2D eigenvalue weighted by Crippen LogP contribution is 1.97. The van der Waals surface area contributed by atoms with Gasteiger partial charge in [-0.15, -0.1) is 0 Å². The minimum atomic E-state index is -1.33. The van der Waals surface area contributed by atoms with Crippen LogP contribution in [0.2, 0.25) is 0 Å². The smallest absolute Gasteiger partial charge is 0.0900 e. The quantitative estimate of drug-likeness (QED) is 0.586. The van der Waals surface area contributed by atoms with Gasteiger partial charge in [0, 0.05) is 0 Å². The van der Waals surface area contributed by atoms with E-state index in [1.165, 1.54) is 18.2 Å². The van der Waals surface area contributed by atoms with Crippen LogP contribution in [0.5, 0.6) is 0 Å². The maximum Gasteiger partial charge on any atom is 0.0900 e. The fraction of sp³-hybridized carbons (Fsp3) is 0.143. The van der Waals surface area contributed by atoms with Crippen LogP contribution in [0.1, 0.15) is 16.2 Å². The van der Waals surface area contributed by atoms with Crippen LogP contribution in [0.25, 0.3) is 0 Å². The second kappa shape index (κ2) is 3.12. The van der Waals surface area contributed by atoms with Crippen molar-refractivity contribution in [2.24, 2.45) is 0 Å². The predicted molar refractivity (Wildman–Crippen MR) is 34.5 cm³/mol. The van der Waals surface area contributed by atoms with E-state index >= 15 is 0 Å². The van der Waals surface area contributed by atoms with Crippen molar-refractivity contribution in [2.75, 3.05) is 0 Å². The van der Waals surface area contributed by atoms with Crippen LogP contribution < -0.4 is 5.11 Å². The number of aromatic nitrogens is 1. The first-order chi connectivity index (χ1) is 5.24. The zero-order valence-electron chi connectivity index (χ0n) is 5.65. The lowest BCUT2D eigenvalue weighted by molar-refractivity contribution is -0.255. The van der Waals surface area contributed by atoms with E-state index in [-0.39, 0.29) is 12.3 Å². The number of hydrogen-bond donors (Lipinski definition) is 1. The fourth-order valence-electron chi connectivity index (χ4n) is 0.681. The monoisotopic (exact) mass is 152 g/mol. The highest BCUT2D eigenvalue weighted by Gasteiger charge is 1.95. The highest BCUT2D eigenvalue weighted by molar-refractivity contribution is 5.83. The molecule has 0 amide bonds. The first-order valence-electron chi connectivity index (χ1n) is 3.02. The number of aliphatic hydroxyl groups is 1. The summed E-state index contributed by atoms with van der Waals surface area (Å²) in [5.74, 6) is -1.33. The standard InChI is InChI=1S/C7H7NO3/c9-4-5-2-1-3-6(8-5)7(10)11/h1-3,9H,4H2,(H,10,11)/p-1. The van der Waals surface area contributed by atoms with Crippen molar-refractivity contribution in [3.8, 4) is 0 Å². The molecule has 0 atom stereocenters. The Balaban J connectivity index is 3.01. The van der Waals surface area contributed by atoms with Crippen LogP contribution in [0.15, 0.2) is 18.2 Å². The molecule has 0 spiro atoms. The largest absolute Gasteiger partial charge is 0.543 e. The number of pyridine rings is 1. The van der Waals surface area contributed by atoms with Gasteiger partial charge in [-0.2, -0.15) is 0 Å². The lowest BCUT2D eigenvalue weighted by atomic mass is 10.3. The molecule has 1 aromatic heterocycles. The lowest BCUT2D eigenvalue weighted by Crippen LogP contribution is -2.23. The number of hydrogen-bond acceptors (Lipinski definition) is 4.